The van der Waals surface area contributed by atoms with Gasteiger partial charge in [-0.1, -0.05) is 12.1 Å². The number of carbonyl (C=O) groups is 1. The van der Waals surface area contributed by atoms with E-state index in [0.717, 1.165) is 3.57 Å². The first-order valence-electron chi connectivity index (χ1n) is 7.95. The number of benzene rings is 2. The van der Waals surface area contributed by atoms with E-state index < -0.39 is 12.0 Å². The van der Waals surface area contributed by atoms with Gasteiger partial charge in [0.05, 0.1) is 12.8 Å². The second-order valence-corrected chi connectivity index (χ2v) is 6.62. The normalized spacial score (nSPS) is 15.7. The van der Waals surface area contributed by atoms with Crippen LogP contribution in [0.4, 0.5) is 0 Å². The summed E-state index contributed by atoms with van der Waals surface area (Å²) >= 11 is 2.11. The van der Waals surface area contributed by atoms with Crippen LogP contribution in [0.1, 0.15) is 12.5 Å². The third-order valence-electron chi connectivity index (χ3n) is 3.55. The number of hydrogen-bond donors (Lipinski definition) is 2. The molecule has 26 heavy (non-hydrogen) atoms. The largest absolute Gasteiger partial charge is 0.504 e. The van der Waals surface area contributed by atoms with E-state index in [1.165, 1.54) is 6.21 Å². The van der Waals surface area contributed by atoms with E-state index in [-0.39, 0.29) is 12.4 Å². The molecule has 2 aromatic carbocycles. The van der Waals surface area contributed by atoms with Gasteiger partial charge in [-0.2, -0.15) is 5.10 Å². The number of para-hydroxylation sites is 2. The molecule has 0 aromatic heterocycles. The van der Waals surface area contributed by atoms with Crippen LogP contribution in [0.5, 0.6) is 23.0 Å². The summed E-state index contributed by atoms with van der Waals surface area (Å²) < 4.78 is 17.4. The molecule has 1 amide bonds. The minimum Gasteiger partial charge on any atom is -0.504 e. The van der Waals surface area contributed by atoms with E-state index in [9.17, 15) is 9.90 Å². The second kappa shape index (κ2) is 8.26. The summed E-state index contributed by atoms with van der Waals surface area (Å²) in [6, 6.07) is 10.6. The van der Waals surface area contributed by atoms with E-state index >= 15 is 0 Å². The highest BCUT2D eigenvalue weighted by atomic mass is 127. The zero-order valence-corrected chi connectivity index (χ0v) is 16.1. The van der Waals surface area contributed by atoms with Crippen LogP contribution in [0.15, 0.2) is 41.5 Å². The molecule has 0 fully saturated rings. The molecule has 0 saturated carbocycles. The molecule has 136 valence electrons. The molecule has 8 heteroatoms. The first kappa shape index (κ1) is 18.3. The number of hydrazone groups is 1. The highest BCUT2D eigenvalue weighted by Gasteiger charge is 2.27. The SMILES string of the molecule is CCOc1cc(I)cc(C=NNC(=O)C2COc3ccccc3O2)c1O. The van der Waals surface area contributed by atoms with Crippen molar-refractivity contribution in [1.29, 1.82) is 0 Å². The average Bonchev–Trinajstić information content (AvgIpc) is 2.65. The van der Waals surface area contributed by atoms with Gasteiger partial charge in [0.2, 0.25) is 6.10 Å². The van der Waals surface area contributed by atoms with Crippen molar-refractivity contribution >= 4 is 34.7 Å². The number of halogens is 1. The second-order valence-electron chi connectivity index (χ2n) is 5.37. The molecule has 2 N–H and O–H groups in total. The fraction of sp³-hybridized carbons (Fsp3) is 0.222. The fourth-order valence-electron chi connectivity index (χ4n) is 2.34. The van der Waals surface area contributed by atoms with Crippen LogP contribution in [0.3, 0.4) is 0 Å². The average molecular weight is 468 g/mol. The Morgan fingerprint density at radius 2 is 2.19 bits per heavy atom. The topological polar surface area (TPSA) is 89.4 Å². The Labute approximate surface area is 164 Å². The smallest absolute Gasteiger partial charge is 0.284 e. The molecule has 2 aromatic rings. The molecular weight excluding hydrogens is 451 g/mol. The Hall–Kier alpha value is -2.49. The van der Waals surface area contributed by atoms with Gasteiger partial charge in [-0.15, -0.1) is 0 Å². The van der Waals surface area contributed by atoms with Crippen molar-refractivity contribution in [3.05, 3.63) is 45.5 Å². The molecule has 0 aliphatic carbocycles. The van der Waals surface area contributed by atoms with E-state index in [0.29, 0.717) is 29.4 Å². The molecule has 0 spiro atoms. The molecule has 0 bridgehead atoms. The standard InChI is InChI=1S/C18H17IN2O5/c1-2-24-15-8-12(19)7-11(17(15)22)9-20-21-18(23)16-10-25-13-5-3-4-6-14(13)26-16/h3-9,16,22H,2,10H2,1H3,(H,21,23). The third-order valence-corrected chi connectivity index (χ3v) is 4.17. The minimum atomic E-state index is -0.800. The van der Waals surface area contributed by atoms with Crippen LogP contribution in [-0.2, 0) is 4.79 Å². The molecule has 3 rings (SSSR count). The first-order valence-corrected chi connectivity index (χ1v) is 9.03. The van der Waals surface area contributed by atoms with Crippen LogP contribution in [-0.4, -0.2) is 36.5 Å². The van der Waals surface area contributed by atoms with Gasteiger partial charge in [-0.05, 0) is 53.8 Å². The van der Waals surface area contributed by atoms with Gasteiger partial charge in [0, 0.05) is 9.13 Å². The number of nitrogens with one attached hydrogen (secondary N) is 1. The van der Waals surface area contributed by atoms with Crippen molar-refractivity contribution in [2.45, 2.75) is 13.0 Å². The molecule has 1 atom stereocenters. The molecule has 1 unspecified atom stereocenters. The monoisotopic (exact) mass is 468 g/mol. The molecule has 0 radical (unpaired) electrons. The number of carbonyl (C=O) groups excluding carboxylic acids is 1. The van der Waals surface area contributed by atoms with Gasteiger partial charge in [0.15, 0.2) is 23.0 Å². The molecule has 1 aliphatic heterocycles. The molecule has 1 aliphatic rings. The fourth-order valence-corrected chi connectivity index (χ4v) is 2.96. The van der Waals surface area contributed by atoms with Gasteiger partial charge >= 0.3 is 0 Å². The molecule has 7 nitrogen and oxygen atoms in total. The maximum atomic E-state index is 12.2. The maximum absolute atomic E-state index is 12.2. The number of amides is 1. The third kappa shape index (κ3) is 4.18. The number of hydrogen-bond acceptors (Lipinski definition) is 6. The summed E-state index contributed by atoms with van der Waals surface area (Å²) in [4.78, 5) is 12.2. The van der Waals surface area contributed by atoms with Gasteiger partial charge in [0.1, 0.15) is 6.61 Å². The minimum absolute atomic E-state index is 0.0311. The quantitative estimate of drug-likeness (QED) is 0.400. The number of rotatable bonds is 5. The summed E-state index contributed by atoms with van der Waals surface area (Å²) in [6.45, 7) is 2.36. The van der Waals surface area contributed by atoms with Crippen LogP contribution in [0, 0.1) is 3.57 Å². The van der Waals surface area contributed by atoms with Crippen molar-refractivity contribution in [3.8, 4) is 23.0 Å². The Kier molecular flexibility index (Phi) is 5.82. The Morgan fingerprint density at radius 1 is 1.42 bits per heavy atom. The summed E-state index contributed by atoms with van der Waals surface area (Å²) in [5.41, 5.74) is 2.84. The predicted molar refractivity (Wildman–Crippen MR) is 104 cm³/mol. The Balaban J connectivity index is 1.65. The number of aromatic hydroxyl groups is 1. The number of ether oxygens (including phenoxy) is 3. The zero-order valence-electron chi connectivity index (χ0n) is 13.9. The van der Waals surface area contributed by atoms with E-state index in [1.54, 1.807) is 30.3 Å². The summed E-state index contributed by atoms with van der Waals surface area (Å²) in [5, 5.41) is 14.1. The van der Waals surface area contributed by atoms with Gasteiger partial charge in [-0.25, -0.2) is 5.43 Å². The maximum Gasteiger partial charge on any atom is 0.284 e. The van der Waals surface area contributed by atoms with Crippen LogP contribution in [0.2, 0.25) is 0 Å². The summed E-state index contributed by atoms with van der Waals surface area (Å²) in [7, 11) is 0. The Bertz CT molecular complexity index is 840. The lowest BCUT2D eigenvalue weighted by Crippen LogP contribution is -2.42. The number of phenols is 1. The van der Waals surface area contributed by atoms with Crippen molar-refractivity contribution in [2.75, 3.05) is 13.2 Å². The van der Waals surface area contributed by atoms with Crippen LogP contribution in [0.25, 0.3) is 0 Å². The molecular formula is C18H17IN2O5. The first-order chi connectivity index (χ1) is 12.6. The lowest BCUT2D eigenvalue weighted by Gasteiger charge is -2.24. The van der Waals surface area contributed by atoms with E-state index in [1.807, 2.05) is 13.0 Å². The van der Waals surface area contributed by atoms with Gasteiger partial charge in [-0.3, -0.25) is 4.79 Å². The van der Waals surface area contributed by atoms with Crippen LogP contribution >= 0.6 is 22.6 Å². The lowest BCUT2D eigenvalue weighted by molar-refractivity contribution is -0.130. The van der Waals surface area contributed by atoms with Crippen molar-refractivity contribution in [1.82, 2.24) is 5.43 Å². The zero-order chi connectivity index (χ0) is 18.5. The van der Waals surface area contributed by atoms with Crippen molar-refractivity contribution < 1.29 is 24.1 Å². The van der Waals surface area contributed by atoms with E-state index in [4.69, 9.17) is 14.2 Å². The summed E-state index contributed by atoms with van der Waals surface area (Å²) in [6.07, 6.45) is 0.556. The number of nitrogens with zero attached hydrogens (tertiary/aromatic N) is 1. The van der Waals surface area contributed by atoms with Crippen molar-refractivity contribution in [2.24, 2.45) is 5.10 Å². The molecule has 0 saturated heterocycles. The highest BCUT2D eigenvalue weighted by Crippen LogP contribution is 2.32. The van der Waals surface area contributed by atoms with Crippen molar-refractivity contribution in [3.63, 3.8) is 0 Å². The predicted octanol–water partition coefficient (Wildman–Crippen LogP) is 2.69. The highest BCUT2D eigenvalue weighted by molar-refractivity contribution is 14.1. The summed E-state index contributed by atoms with van der Waals surface area (Å²) in [5.74, 6) is 1.02. The van der Waals surface area contributed by atoms with Crippen LogP contribution < -0.4 is 19.6 Å². The van der Waals surface area contributed by atoms with Gasteiger partial charge in [0.25, 0.3) is 5.91 Å². The molecule has 1 heterocycles. The van der Waals surface area contributed by atoms with E-state index in [2.05, 4.69) is 33.1 Å². The lowest BCUT2D eigenvalue weighted by atomic mass is 10.2. The number of phenolic OH excluding ortho intramolecular Hbond substituents is 1. The Morgan fingerprint density at radius 3 is 2.96 bits per heavy atom. The number of fused-ring (bicyclic) bond motifs is 1. The van der Waals surface area contributed by atoms with Gasteiger partial charge < -0.3 is 19.3 Å².